The van der Waals surface area contributed by atoms with Crippen molar-refractivity contribution >= 4 is 45.4 Å². The number of halogens is 2. The van der Waals surface area contributed by atoms with Gasteiger partial charge in [0.05, 0.1) is 0 Å². The standard InChI is InChI=1S/2C2H5ClO2S.Zn/c2*3-1-2-6(4)5;/h2*1-2H2,(H,4,5);/q;;+2/p-2. The zero-order valence-corrected chi connectivity index (χ0v) is 12.9. The van der Waals surface area contributed by atoms with E-state index in [-0.39, 0.29) is 42.7 Å². The summed E-state index contributed by atoms with van der Waals surface area (Å²) < 4.78 is 38.1. The van der Waals surface area contributed by atoms with Crippen molar-refractivity contribution in [2.24, 2.45) is 0 Å². The van der Waals surface area contributed by atoms with Crippen molar-refractivity contribution in [3.8, 4) is 0 Å². The number of rotatable bonds is 4. The molecular weight excluding hydrogens is 312 g/mol. The summed E-state index contributed by atoms with van der Waals surface area (Å²) in [5.41, 5.74) is 0. The molecule has 0 spiro atoms. The van der Waals surface area contributed by atoms with Crippen LogP contribution in [0.15, 0.2) is 0 Å². The van der Waals surface area contributed by atoms with Crippen LogP contribution in [0.25, 0.3) is 0 Å². The predicted molar refractivity (Wildman–Crippen MR) is 49.0 cm³/mol. The molecule has 13 heavy (non-hydrogen) atoms. The van der Waals surface area contributed by atoms with Crippen LogP contribution in [-0.4, -0.2) is 40.8 Å². The van der Waals surface area contributed by atoms with E-state index >= 15 is 0 Å². The van der Waals surface area contributed by atoms with Crippen molar-refractivity contribution in [1.82, 2.24) is 0 Å². The molecule has 76 valence electrons. The van der Waals surface area contributed by atoms with Gasteiger partial charge in [-0.1, -0.05) is 22.2 Å². The molecule has 0 N–H and O–H groups in total. The number of hydrogen-bond acceptors (Lipinski definition) is 4. The van der Waals surface area contributed by atoms with E-state index in [0.717, 1.165) is 0 Å². The second-order valence-electron chi connectivity index (χ2n) is 1.39. The quantitative estimate of drug-likeness (QED) is 0.421. The fraction of sp³-hybridized carbons (Fsp3) is 1.00. The third kappa shape index (κ3) is 31.8. The van der Waals surface area contributed by atoms with Crippen molar-refractivity contribution in [2.45, 2.75) is 0 Å². The Labute approximate surface area is 105 Å². The summed E-state index contributed by atoms with van der Waals surface area (Å²) in [4.78, 5) is 0. The zero-order chi connectivity index (χ0) is 9.98. The average Bonchev–Trinajstić information content (AvgIpc) is 1.87. The smallest absolute Gasteiger partial charge is 0.772 e. The Hall–Kier alpha value is 1.42. The first-order chi connectivity index (χ1) is 5.54. The molecule has 0 radical (unpaired) electrons. The van der Waals surface area contributed by atoms with Crippen molar-refractivity contribution in [3.63, 3.8) is 0 Å². The summed E-state index contributed by atoms with van der Waals surface area (Å²) in [7, 11) is 0. The minimum atomic E-state index is -1.95. The topological polar surface area (TPSA) is 80.3 Å². The largest absolute Gasteiger partial charge is 2.00 e. The van der Waals surface area contributed by atoms with Gasteiger partial charge in [0, 0.05) is 23.3 Å². The Morgan fingerprint density at radius 3 is 1.15 bits per heavy atom. The van der Waals surface area contributed by atoms with E-state index in [9.17, 15) is 17.5 Å². The molecule has 2 atom stereocenters. The first-order valence-electron chi connectivity index (χ1n) is 2.78. The van der Waals surface area contributed by atoms with E-state index < -0.39 is 22.2 Å². The number of alkyl halides is 2. The van der Waals surface area contributed by atoms with Gasteiger partial charge in [-0.25, -0.2) is 0 Å². The van der Waals surface area contributed by atoms with E-state index in [2.05, 4.69) is 0 Å². The molecule has 2 unspecified atom stereocenters. The molecule has 0 aromatic carbocycles. The molecule has 9 heteroatoms. The molecule has 0 heterocycles. The van der Waals surface area contributed by atoms with E-state index in [1.165, 1.54) is 0 Å². The van der Waals surface area contributed by atoms with Gasteiger partial charge in [-0.3, -0.25) is 8.42 Å². The molecule has 0 aromatic heterocycles. The third-order valence-corrected chi connectivity index (χ3v) is 2.39. The molecule has 0 aliphatic carbocycles. The Bertz CT molecular complexity index is 132. The van der Waals surface area contributed by atoms with Crippen LogP contribution in [0.4, 0.5) is 0 Å². The van der Waals surface area contributed by atoms with E-state index in [0.29, 0.717) is 0 Å². The summed E-state index contributed by atoms with van der Waals surface area (Å²) in [6.45, 7) is 0. The van der Waals surface area contributed by atoms with Crippen molar-refractivity contribution in [2.75, 3.05) is 23.3 Å². The van der Waals surface area contributed by atoms with Gasteiger partial charge >= 0.3 is 19.5 Å². The van der Waals surface area contributed by atoms with E-state index in [1.54, 1.807) is 0 Å². The van der Waals surface area contributed by atoms with Crippen LogP contribution >= 0.6 is 23.2 Å². The summed E-state index contributed by atoms with van der Waals surface area (Å²) in [5.74, 6) is 0.495. The molecule has 0 saturated carbocycles. The van der Waals surface area contributed by atoms with Gasteiger partial charge in [-0.2, -0.15) is 0 Å². The van der Waals surface area contributed by atoms with Gasteiger partial charge < -0.3 is 9.11 Å². The fourth-order valence-corrected chi connectivity index (χ4v) is 1.13. The Morgan fingerprint density at radius 1 is 0.923 bits per heavy atom. The normalized spacial score (nSPS) is 13.2. The van der Waals surface area contributed by atoms with Crippen molar-refractivity contribution < 1.29 is 37.0 Å². The molecule has 4 nitrogen and oxygen atoms in total. The molecule has 0 aliphatic heterocycles. The summed E-state index contributed by atoms with van der Waals surface area (Å²) in [6.07, 6.45) is 0. The maximum absolute atomic E-state index is 9.51. The molecule has 0 fully saturated rings. The second-order valence-corrected chi connectivity index (χ2v) is 4.18. The average molecular weight is 321 g/mol. The summed E-state index contributed by atoms with van der Waals surface area (Å²) in [6, 6.07) is 0. The molecule has 0 aromatic rings. The molecule has 0 rings (SSSR count). The maximum atomic E-state index is 9.51. The first-order valence-corrected chi connectivity index (χ1v) is 6.34. The summed E-state index contributed by atoms with van der Waals surface area (Å²) in [5, 5.41) is 0. The van der Waals surface area contributed by atoms with Gasteiger partial charge in [0.2, 0.25) is 0 Å². The predicted octanol–water partition coefficient (Wildman–Crippen LogP) is 0.206. The van der Waals surface area contributed by atoms with Crippen molar-refractivity contribution in [3.05, 3.63) is 0 Å². The maximum Gasteiger partial charge on any atom is 2.00 e. The Balaban J connectivity index is -0.000000143. The van der Waals surface area contributed by atoms with Crippen LogP contribution in [0, 0.1) is 0 Å². The minimum absolute atomic E-state index is 0. The monoisotopic (exact) mass is 318 g/mol. The molecule has 0 saturated heterocycles. The van der Waals surface area contributed by atoms with E-state index in [1.807, 2.05) is 0 Å². The van der Waals surface area contributed by atoms with Gasteiger partial charge in [-0.15, -0.1) is 23.2 Å². The first kappa shape index (κ1) is 19.9. The van der Waals surface area contributed by atoms with Gasteiger partial charge in [0.25, 0.3) is 0 Å². The molecular formula is C4H8Cl2O4S2Zn. The van der Waals surface area contributed by atoms with Crippen LogP contribution in [-0.2, 0) is 41.6 Å². The van der Waals surface area contributed by atoms with Crippen LogP contribution in [0.1, 0.15) is 0 Å². The summed E-state index contributed by atoms with van der Waals surface area (Å²) >= 11 is 6.11. The number of hydrogen-bond donors (Lipinski definition) is 0. The Morgan fingerprint density at radius 2 is 1.15 bits per heavy atom. The van der Waals surface area contributed by atoms with Gasteiger partial charge in [-0.05, 0) is 0 Å². The SMILES string of the molecule is O=S([O-])CCCl.O=S([O-])CCCl.[Zn+2]. The van der Waals surface area contributed by atoms with E-state index in [4.69, 9.17) is 23.2 Å². The van der Waals surface area contributed by atoms with Crippen LogP contribution in [0.5, 0.6) is 0 Å². The molecule has 0 bridgehead atoms. The minimum Gasteiger partial charge on any atom is -0.772 e. The zero-order valence-electron chi connectivity index (χ0n) is 6.74. The van der Waals surface area contributed by atoms with Crippen LogP contribution in [0.2, 0.25) is 0 Å². The molecule has 0 amide bonds. The third-order valence-electron chi connectivity index (χ3n) is 0.488. The second kappa shape index (κ2) is 15.9. The fourth-order valence-electron chi connectivity index (χ4n) is 0.126. The van der Waals surface area contributed by atoms with Gasteiger partial charge in [0.15, 0.2) is 0 Å². The van der Waals surface area contributed by atoms with Crippen molar-refractivity contribution in [1.29, 1.82) is 0 Å². The Kier molecular flexibility index (Phi) is 24.3. The van der Waals surface area contributed by atoms with Crippen LogP contribution in [0.3, 0.4) is 0 Å². The van der Waals surface area contributed by atoms with Gasteiger partial charge in [0.1, 0.15) is 0 Å². The molecule has 0 aliphatic rings. The van der Waals surface area contributed by atoms with Crippen LogP contribution < -0.4 is 0 Å².